The summed E-state index contributed by atoms with van der Waals surface area (Å²) in [6, 6.07) is 11.7. The number of halogens is 2. The molecule has 2 atom stereocenters. The van der Waals surface area contributed by atoms with Crippen LogP contribution in [0.25, 0.3) is 0 Å². The highest BCUT2D eigenvalue weighted by Gasteiger charge is 2.46. The van der Waals surface area contributed by atoms with E-state index < -0.39 is 6.04 Å². The van der Waals surface area contributed by atoms with Gasteiger partial charge in [-0.2, -0.15) is 0 Å². The van der Waals surface area contributed by atoms with E-state index >= 15 is 0 Å². The Labute approximate surface area is 138 Å². The van der Waals surface area contributed by atoms with Gasteiger partial charge in [-0.05, 0) is 35.9 Å². The van der Waals surface area contributed by atoms with Gasteiger partial charge in [0.15, 0.2) is 0 Å². The fourth-order valence-electron chi connectivity index (χ4n) is 2.62. The van der Waals surface area contributed by atoms with Gasteiger partial charge in [0, 0.05) is 10.7 Å². The van der Waals surface area contributed by atoms with Crippen LogP contribution in [0.15, 0.2) is 42.5 Å². The smallest absolute Gasteiger partial charge is 0.247 e. The number of nitrogens with zero attached hydrogens (tertiary/aromatic N) is 1. The molecule has 1 amide bonds. The number of hydrogen-bond acceptors (Lipinski definition) is 3. The zero-order chi connectivity index (χ0) is 15.9. The largest absolute Gasteiger partial charge is 0.495 e. The van der Waals surface area contributed by atoms with Gasteiger partial charge in [-0.1, -0.05) is 35.3 Å². The average Bonchev–Trinajstić information content (AvgIpc) is 2.52. The Hall–Kier alpha value is -1.75. The van der Waals surface area contributed by atoms with Gasteiger partial charge in [0.05, 0.1) is 18.2 Å². The third kappa shape index (κ3) is 2.43. The monoisotopic (exact) mass is 336 g/mol. The first-order valence-electron chi connectivity index (χ1n) is 6.70. The Bertz CT molecular complexity index is 719. The first-order valence-corrected chi connectivity index (χ1v) is 7.46. The summed E-state index contributed by atoms with van der Waals surface area (Å²) >= 11 is 12.0. The number of anilines is 1. The van der Waals surface area contributed by atoms with Crippen molar-refractivity contribution >= 4 is 34.8 Å². The maximum atomic E-state index is 12.2. The summed E-state index contributed by atoms with van der Waals surface area (Å²) in [5, 5.41) is 1.09. The lowest BCUT2D eigenvalue weighted by Crippen LogP contribution is -2.63. The van der Waals surface area contributed by atoms with E-state index in [0.717, 1.165) is 5.56 Å². The van der Waals surface area contributed by atoms with E-state index in [0.29, 0.717) is 21.5 Å². The molecule has 2 N–H and O–H groups in total. The summed E-state index contributed by atoms with van der Waals surface area (Å²) in [7, 11) is 1.54. The Morgan fingerprint density at radius 3 is 2.41 bits per heavy atom. The standard InChI is InChI=1S/C16H14Cl2N2O2/c1-22-13-7-6-11(8-12(13)18)20-15(14(19)16(20)21)9-2-4-10(17)5-3-9/h2-8,14-15H,19H2,1H3/t14-,15-/m1/s1. The van der Waals surface area contributed by atoms with Crippen LogP contribution in [0, 0.1) is 0 Å². The number of rotatable bonds is 3. The Balaban J connectivity index is 1.96. The molecule has 114 valence electrons. The van der Waals surface area contributed by atoms with Crippen molar-refractivity contribution in [3.8, 4) is 5.75 Å². The SMILES string of the molecule is COc1ccc(N2C(=O)[C@H](N)[C@H]2c2ccc(Cl)cc2)cc1Cl. The number of nitrogens with two attached hydrogens (primary N) is 1. The molecule has 1 saturated heterocycles. The van der Waals surface area contributed by atoms with E-state index in [9.17, 15) is 4.79 Å². The second-order valence-corrected chi connectivity index (χ2v) is 5.89. The van der Waals surface area contributed by atoms with Gasteiger partial charge in [-0.3, -0.25) is 4.79 Å². The topological polar surface area (TPSA) is 55.6 Å². The average molecular weight is 337 g/mol. The predicted molar refractivity (Wildman–Crippen MR) is 87.7 cm³/mol. The molecule has 1 aliphatic heterocycles. The van der Waals surface area contributed by atoms with Crippen LogP contribution in [-0.4, -0.2) is 19.1 Å². The molecular weight excluding hydrogens is 323 g/mol. The van der Waals surface area contributed by atoms with E-state index in [1.165, 1.54) is 0 Å². The molecular formula is C16H14Cl2N2O2. The highest BCUT2D eigenvalue weighted by Crippen LogP contribution is 2.40. The van der Waals surface area contributed by atoms with Crippen LogP contribution < -0.4 is 15.4 Å². The van der Waals surface area contributed by atoms with Crippen molar-refractivity contribution in [2.75, 3.05) is 12.0 Å². The summed E-state index contributed by atoms with van der Waals surface area (Å²) in [6.45, 7) is 0. The normalized spacial score (nSPS) is 20.7. The third-order valence-corrected chi connectivity index (χ3v) is 4.31. The molecule has 2 aromatic rings. The van der Waals surface area contributed by atoms with Crippen molar-refractivity contribution in [1.82, 2.24) is 0 Å². The predicted octanol–water partition coefficient (Wildman–Crippen LogP) is 3.42. The molecule has 1 aliphatic rings. The second kappa shape index (κ2) is 5.80. The minimum absolute atomic E-state index is 0.138. The van der Waals surface area contributed by atoms with Crippen LogP contribution in [0.5, 0.6) is 5.75 Å². The molecule has 0 aromatic heterocycles. The number of benzene rings is 2. The molecule has 22 heavy (non-hydrogen) atoms. The maximum absolute atomic E-state index is 12.2. The third-order valence-electron chi connectivity index (χ3n) is 3.77. The van der Waals surface area contributed by atoms with Crippen molar-refractivity contribution in [1.29, 1.82) is 0 Å². The summed E-state index contributed by atoms with van der Waals surface area (Å²) in [5.74, 6) is 0.423. The van der Waals surface area contributed by atoms with E-state index in [-0.39, 0.29) is 11.9 Å². The van der Waals surface area contributed by atoms with Crippen molar-refractivity contribution in [3.05, 3.63) is 58.1 Å². The molecule has 1 heterocycles. The Kier molecular flexibility index (Phi) is 4.00. The summed E-state index contributed by atoms with van der Waals surface area (Å²) in [4.78, 5) is 13.8. The van der Waals surface area contributed by atoms with E-state index in [1.54, 1.807) is 42.3 Å². The van der Waals surface area contributed by atoms with E-state index in [2.05, 4.69) is 0 Å². The van der Waals surface area contributed by atoms with Crippen molar-refractivity contribution in [2.45, 2.75) is 12.1 Å². The first kappa shape index (κ1) is 15.2. The number of carbonyl (C=O) groups excluding carboxylic acids is 1. The fourth-order valence-corrected chi connectivity index (χ4v) is 3.00. The number of hydrogen-bond donors (Lipinski definition) is 1. The Morgan fingerprint density at radius 2 is 1.82 bits per heavy atom. The number of β-lactam (4-membered cyclic amide) rings is 1. The lowest BCUT2D eigenvalue weighted by molar-refractivity contribution is -0.126. The van der Waals surface area contributed by atoms with Crippen molar-refractivity contribution in [3.63, 3.8) is 0 Å². The molecule has 0 unspecified atom stereocenters. The van der Waals surface area contributed by atoms with Gasteiger partial charge in [0.2, 0.25) is 5.91 Å². The molecule has 4 nitrogen and oxygen atoms in total. The van der Waals surface area contributed by atoms with Crippen LogP contribution in [0.3, 0.4) is 0 Å². The highest BCUT2D eigenvalue weighted by atomic mass is 35.5. The van der Waals surface area contributed by atoms with Crippen molar-refractivity contribution in [2.24, 2.45) is 5.73 Å². The quantitative estimate of drug-likeness (QED) is 0.873. The number of carbonyl (C=O) groups is 1. The van der Waals surface area contributed by atoms with E-state index in [1.807, 2.05) is 12.1 Å². The molecule has 0 aliphatic carbocycles. The van der Waals surface area contributed by atoms with Gasteiger partial charge in [0.25, 0.3) is 0 Å². The van der Waals surface area contributed by atoms with Gasteiger partial charge in [-0.15, -0.1) is 0 Å². The number of methoxy groups -OCH3 is 1. The molecule has 0 bridgehead atoms. The minimum Gasteiger partial charge on any atom is -0.495 e. The first-order chi connectivity index (χ1) is 10.5. The zero-order valence-corrected chi connectivity index (χ0v) is 13.3. The van der Waals surface area contributed by atoms with Gasteiger partial charge < -0.3 is 15.4 Å². The lowest BCUT2D eigenvalue weighted by atomic mass is 9.88. The van der Waals surface area contributed by atoms with Crippen LogP contribution in [0.1, 0.15) is 11.6 Å². The summed E-state index contributed by atoms with van der Waals surface area (Å²) in [5.41, 5.74) is 7.60. The van der Waals surface area contributed by atoms with Gasteiger partial charge in [-0.25, -0.2) is 0 Å². The molecule has 0 spiro atoms. The molecule has 6 heteroatoms. The molecule has 0 saturated carbocycles. The maximum Gasteiger partial charge on any atom is 0.247 e. The molecule has 3 rings (SSSR count). The van der Waals surface area contributed by atoms with Crippen LogP contribution >= 0.6 is 23.2 Å². The summed E-state index contributed by atoms with van der Waals surface area (Å²) < 4.78 is 5.13. The van der Waals surface area contributed by atoms with Gasteiger partial charge in [0.1, 0.15) is 11.8 Å². The lowest BCUT2D eigenvalue weighted by Gasteiger charge is -2.45. The van der Waals surface area contributed by atoms with E-state index in [4.69, 9.17) is 33.7 Å². The van der Waals surface area contributed by atoms with Crippen LogP contribution in [-0.2, 0) is 4.79 Å². The zero-order valence-electron chi connectivity index (χ0n) is 11.8. The molecule has 1 fully saturated rings. The fraction of sp³-hybridized carbons (Fsp3) is 0.188. The van der Waals surface area contributed by atoms with Crippen LogP contribution in [0.4, 0.5) is 5.69 Å². The molecule has 2 aromatic carbocycles. The van der Waals surface area contributed by atoms with Crippen molar-refractivity contribution < 1.29 is 9.53 Å². The second-order valence-electron chi connectivity index (χ2n) is 5.05. The number of ether oxygens (including phenoxy) is 1. The number of amides is 1. The highest BCUT2D eigenvalue weighted by molar-refractivity contribution is 6.32. The van der Waals surface area contributed by atoms with Gasteiger partial charge >= 0.3 is 0 Å². The summed E-state index contributed by atoms with van der Waals surface area (Å²) in [6.07, 6.45) is 0. The van der Waals surface area contributed by atoms with Crippen LogP contribution in [0.2, 0.25) is 10.0 Å². The minimum atomic E-state index is -0.568. The molecule has 0 radical (unpaired) electrons. The Morgan fingerprint density at radius 1 is 1.14 bits per heavy atom.